The van der Waals surface area contributed by atoms with Gasteiger partial charge >= 0.3 is 0 Å². The molecule has 0 saturated carbocycles. The van der Waals surface area contributed by atoms with Gasteiger partial charge in [-0.05, 0) is 26.8 Å². The van der Waals surface area contributed by atoms with Crippen LogP contribution in [0.4, 0.5) is 11.8 Å². The summed E-state index contributed by atoms with van der Waals surface area (Å²) in [7, 11) is 0. The molecule has 0 saturated heterocycles. The van der Waals surface area contributed by atoms with Gasteiger partial charge in [0.15, 0.2) is 0 Å². The molecule has 21 heavy (non-hydrogen) atoms. The third kappa shape index (κ3) is 3.14. The monoisotopic (exact) mass is 319 g/mol. The summed E-state index contributed by atoms with van der Waals surface area (Å²) in [5, 5.41) is 8.77. The number of aryl methyl sites for hydroxylation is 2. The van der Waals surface area contributed by atoms with E-state index in [0.29, 0.717) is 5.95 Å². The zero-order valence-corrected chi connectivity index (χ0v) is 13.9. The predicted molar refractivity (Wildman–Crippen MR) is 90.5 cm³/mol. The molecular weight excluding hydrogens is 302 g/mol. The number of hydrogen-bond donors (Lipinski definition) is 2. The Morgan fingerprint density at radius 2 is 2.00 bits per heavy atom. The second-order valence-corrected chi connectivity index (χ2v) is 7.26. The lowest BCUT2D eigenvalue weighted by molar-refractivity contribution is 1.08. The number of nitrogens with zero attached hydrogens (tertiary/aromatic N) is 3. The molecule has 0 spiro atoms. The van der Waals surface area contributed by atoms with Gasteiger partial charge < -0.3 is 10.6 Å². The molecule has 110 valence electrons. The Morgan fingerprint density at radius 3 is 2.71 bits per heavy atom. The van der Waals surface area contributed by atoms with Gasteiger partial charge in [-0.3, -0.25) is 0 Å². The number of anilines is 2. The molecule has 7 heteroatoms. The molecule has 3 heterocycles. The first-order chi connectivity index (χ1) is 10.2. The first kappa shape index (κ1) is 14.2. The van der Waals surface area contributed by atoms with Crippen molar-refractivity contribution >= 4 is 44.7 Å². The molecule has 0 amide bonds. The standard InChI is InChI=1S/C14H17N5S2/c1-4-15-14-18-12(11-5-8(2)20-13(11)19-14)17-7-10-6-16-9(3)21-10/h5-6H,4,7H2,1-3H3,(H2,15,17,18,19). The minimum Gasteiger partial charge on any atom is -0.364 e. The largest absolute Gasteiger partial charge is 0.364 e. The molecule has 0 fully saturated rings. The molecule has 0 bridgehead atoms. The normalized spacial score (nSPS) is 11.0. The van der Waals surface area contributed by atoms with Crippen molar-refractivity contribution in [3.8, 4) is 0 Å². The highest BCUT2D eigenvalue weighted by molar-refractivity contribution is 7.18. The first-order valence-electron chi connectivity index (χ1n) is 6.83. The molecule has 0 aliphatic heterocycles. The zero-order chi connectivity index (χ0) is 14.8. The van der Waals surface area contributed by atoms with Crippen LogP contribution < -0.4 is 10.6 Å². The molecule has 3 aromatic rings. The summed E-state index contributed by atoms with van der Waals surface area (Å²) in [5.41, 5.74) is 0. The van der Waals surface area contributed by atoms with Gasteiger partial charge in [-0.2, -0.15) is 4.98 Å². The van der Waals surface area contributed by atoms with E-state index in [1.807, 2.05) is 20.0 Å². The highest BCUT2D eigenvalue weighted by Gasteiger charge is 2.10. The zero-order valence-electron chi connectivity index (χ0n) is 12.2. The molecule has 3 rings (SSSR count). The number of aromatic nitrogens is 3. The maximum absolute atomic E-state index is 4.58. The van der Waals surface area contributed by atoms with Gasteiger partial charge in [-0.15, -0.1) is 22.7 Å². The predicted octanol–water partition coefficient (Wildman–Crippen LogP) is 3.81. The Labute approximate surface area is 131 Å². The van der Waals surface area contributed by atoms with Gasteiger partial charge in [0.1, 0.15) is 10.6 Å². The Hall–Kier alpha value is -1.73. The van der Waals surface area contributed by atoms with Gasteiger partial charge in [0.2, 0.25) is 5.95 Å². The molecule has 0 radical (unpaired) electrons. The Bertz CT molecular complexity index is 762. The molecule has 5 nitrogen and oxygen atoms in total. The summed E-state index contributed by atoms with van der Waals surface area (Å²) in [6.07, 6.45) is 1.91. The van der Waals surface area contributed by atoms with Crippen molar-refractivity contribution in [1.29, 1.82) is 0 Å². The molecular formula is C14H17N5S2. The van der Waals surface area contributed by atoms with Crippen LogP contribution in [0.3, 0.4) is 0 Å². The number of nitrogens with one attached hydrogen (secondary N) is 2. The van der Waals surface area contributed by atoms with E-state index in [0.717, 1.165) is 34.1 Å². The second kappa shape index (κ2) is 5.95. The van der Waals surface area contributed by atoms with Gasteiger partial charge in [0.25, 0.3) is 0 Å². The number of thiophene rings is 1. The van der Waals surface area contributed by atoms with E-state index < -0.39 is 0 Å². The highest BCUT2D eigenvalue weighted by atomic mass is 32.1. The average molecular weight is 319 g/mol. The van der Waals surface area contributed by atoms with Crippen molar-refractivity contribution in [3.63, 3.8) is 0 Å². The van der Waals surface area contributed by atoms with Gasteiger partial charge in [-0.1, -0.05) is 0 Å². The minimum absolute atomic E-state index is 0.676. The Kier molecular flexibility index (Phi) is 4.03. The molecule has 2 N–H and O–H groups in total. The molecule has 3 aromatic heterocycles. The maximum Gasteiger partial charge on any atom is 0.226 e. The van der Waals surface area contributed by atoms with Crippen LogP contribution in [0.1, 0.15) is 21.7 Å². The molecule has 0 atom stereocenters. The quantitative estimate of drug-likeness (QED) is 0.749. The lowest BCUT2D eigenvalue weighted by Gasteiger charge is -2.08. The molecule has 0 aliphatic rings. The number of rotatable bonds is 5. The van der Waals surface area contributed by atoms with E-state index in [-0.39, 0.29) is 0 Å². The second-order valence-electron chi connectivity index (χ2n) is 4.70. The van der Waals surface area contributed by atoms with E-state index >= 15 is 0 Å². The number of thiazole rings is 1. The van der Waals surface area contributed by atoms with E-state index in [1.165, 1.54) is 9.75 Å². The smallest absolute Gasteiger partial charge is 0.226 e. The maximum atomic E-state index is 4.58. The van der Waals surface area contributed by atoms with Crippen molar-refractivity contribution in [2.75, 3.05) is 17.2 Å². The van der Waals surface area contributed by atoms with Crippen LogP contribution in [0.2, 0.25) is 0 Å². The van der Waals surface area contributed by atoms with Crippen LogP contribution in [0.5, 0.6) is 0 Å². The van der Waals surface area contributed by atoms with Gasteiger partial charge in [0.05, 0.1) is 16.9 Å². The lowest BCUT2D eigenvalue weighted by atomic mass is 10.3. The Morgan fingerprint density at radius 1 is 1.14 bits per heavy atom. The van der Waals surface area contributed by atoms with E-state index in [2.05, 4.69) is 38.6 Å². The van der Waals surface area contributed by atoms with Crippen molar-refractivity contribution < 1.29 is 0 Å². The average Bonchev–Trinajstić information content (AvgIpc) is 3.01. The molecule has 0 aliphatic carbocycles. The van der Waals surface area contributed by atoms with Crippen LogP contribution in [0.15, 0.2) is 12.3 Å². The van der Waals surface area contributed by atoms with Crippen molar-refractivity contribution in [3.05, 3.63) is 27.0 Å². The summed E-state index contributed by atoms with van der Waals surface area (Å²) in [6, 6.07) is 2.13. The highest BCUT2D eigenvalue weighted by Crippen LogP contribution is 2.30. The summed E-state index contributed by atoms with van der Waals surface area (Å²) >= 11 is 3.39. The van der Waals surface area contributed by atoms with Crippen LogP contribution >= 0.6 is 22.7 Å². The van der Waals surface area contributed by atoms with E-state index in [9.17, 15) is 0 Å². The van der Waals surface area contributed by atoms with Crippen molar-refractivity contribution in [2.24, 2.45) is 0 Å². The number of fused-ring (bicyclic) bond motifs is 1. The third-order valence-corrected chi connectivity index (χ3v) is 4.81. The summed E-state index contributed by atoms with van der Waals surface area (Å²) < 4.78 is 0. The summed E-state index contributed by atoms with van der Waals surface area (Å²) in [5.74, 6) is 1.56. The van der Waals surface area contributed by atoms with Gasteiger partial charge in [-0.25, -0.2) is 9.97 Å². The fraction of sp³-hybridized carbons (Fsp3) is 0.357. The fourth-order valence-corrected chi connectivity index (χ4v) is 3.69. The number of hydrogen-bond acceptors (Lipinski definition) is 7. The van der Waals surface area contributed by atoms with Crippen LogP contribution in [0.25, 0.3) is 10.2 Å². The SMILES string of the molecule is CCNc1nc(NCc2cnc(C)s2)c2cc(C)sc2n1. The van der Waals surface area contributed by atoms with Crippen LogP contribution in [-0.4, -0.2) is 21.5 Å². The molecule has 0 aromatic carbocycles. The van der Waals surface area contributed by atoms with Gasteiger partial charge in [0, 0.05) is 22.5 Å². The van der Waals surface area contributed by atoms with Crippen LogP contribution in [0, 0.1) is 13.8 Å². The fourth-order valence-electron chi connectivity index (χ4n) is 2.07. The van der Waals surface area contributed by atoms with Crippen LogP contribution in [-0.2, 0) is 6.54 Å². The third-order valence-electron chi connectivity index (χ3n) is 2.95. The van der Waals surface area contributed by atoms with Crippen molar-refractivity contribution in [1.82, 2.24) is 15.0 Å². The Balaban J connectivity index is 1.91. The van der Waals surface area contributed by atoms with E-state index in [4.69, 9.17) is 0 Å². The minimum atomic E-state index is 0.676. The van der Waals surface area contributed by atoms with Crippen molar-refractivity contribution in [2.45, 2.75) is 27.3 Å². The van der Waals surface area contributed by atoms with E-state index in [1.54, 1.807) is 22.7 Å². The lowest BCUT2D eigenvalue weighted by Crippen LogP contribution is -2.06. The first-order valence-corrected chi connectivity index (χ1v) is 8.46. The summed E-state index contributed by atoms with van der Waals surface area (Å²) in [4.78, 5) is 16.9. The summed E-state index contributed by atoms with van der Waals surface area (Å²) in [6.45, 7) is 7.69. The molecule has 0 unspecified atom stereocenters. The topological polar surface area (TPSA) is 62.7 Å².